The smallest absolute Gasteiger partial charge is 0.220 e. The van der Waals surface area contributed by atoms with Crippen LogP contribution in [0, 0.1) is 17.6 Å². The second-order valence-corrected chi connectivity index (χ2v) is 7.50. The minimum absolute atomic E-state index is 0.0412. The van der Waals surface area contributed by atoms with Gasteiger partial charge in [-0.3, -0.25) is 9.48 Å². The van der Waals surface area contributed by atoms with Crippen LogP contribution in [0.25, 0.3) is 0 Å². The van der Waals surface area contributed by atoms with Gasteiger partial charge in [-0.05, 0) is 68.5 Å². The predicted molar refractivity (Wildman–Crippen MR) is 103 cm³/mol. The maximum atomic E-state index is 13.2. The number of amides is 1. The maximum absolute atomic E-state index is 13.2. The Hall–Kier alpha value is -2.28. The van der Waals surface area contributed by atoms with E-state index in [1.54, 1.807) is 6.20 Å². The van der Waals surface area contributed by atoms with Crippen molar-refractivity contribution in [3.05, 3.63) is 53.9 Å². The number of aryl methyl sites for hydroxylation is 1. The number of likely N-dealkylation sites (tertiary alicyclic amines) is 1. The first kappa shape index (κ1) is 20.5. The Balaban J connectivity index is 1.32. The van der Waals surface area contributed by atoms with Gasteiger partial charge in [-0.1, -0.05) is 6.07 Å². The summed E-state index contributed by atoms with van der Waals surface area (Å²) in [7, 11) is 0. The highest BCUT2D eigenvalue weighted by Crippen LogP contribution is 2.21. The third kappa shape index (κ3) is 6.41. The van der Waals surface area contributed by atoms with Crippen LogP contribution in [0.5, 0.6) is 0 Å². The minimum atomic E-state index is -0.887. The van der Waals surface area contributed by atoms with Crippen molar-refractivity contribution in [1.29, 1.82) is 0 Å². The molecule has 0 bridgehead atoms. The molecule has 0 spiro atoms. The Bertz CT molecular complexity index is 751. The normalized spacial score (nSPS) is 17.6. The van der Waals surface area contributed by atoms with Crippen molar-refractivity contribution < 1.29 is 13.6 Å². The molecule has 1 aliphatic heterocycles. The molecule has 1 aromatic heterocycles. The summed E-state index contributed by atoms with van der Waals surface area (Å²) in [4.78, 5) is 14.6. The molecular formula is C21H28F2N4O. The van der Waals surface area contributed by atoms with Crippen molar-refractivity contribution in [2.75, 3.05) is 19.6 Å². The topological polar surface area (TPSA) is 50.2 Å². The lowest BCUT2D eigenvalue weighted by atomic mass is 9.93. The molecule has 7 heteroatoms. The number of carbonyl (C=O) groups is 1. The number of halogens is 2. The molecule has 1 aromatic carbocycles. The molecule has 3 rings (SSSR count). The molecule has 1 amide bonds. The first-order valence-electron chi connectivity index (χ1n) is 10.0. The average Bonchev–Trinajstić information content (AvgIpc) is 3.21. The number of piperidine rings is 1. The van der Waals surface area contributed by atoms with Crippen molar-refractivity contribution >= 4 is 5.91 Å². The van der Waals surface area contributed by atoms with Crippen LogP contribution < -0.4 is 5.32 Å². The van der Waals surface area contributed by atoms with E-state index in [0.717, 1.165) is 57.6 Å². The Morgan fingerprint density at radius 1 is 1.25 bits per heavy atom. The lowest BCUT2D eigenvalue weighted by Gasteiger charge is -2.32. The fourth-order valence-corrected chi connectivity index (χ4v) is 3.75. The predicted octanol–water partition coefficient (Wildman–Crippen LogP) is 3.36. The lowest BCUT2D eigenvalue weighted by Crippen LogP contribution is -2.37. The summed E-state index contributed by atoms with van der Waals surface area (Å²) >= 11 is 0. The number of nitrogens with zero attached hydrogens (tertiary/aromatic N) is 3. The summed E-state index contributed by atoms with van der Waals surface area (Å²) in [5, 5.41) is 7.02. The van der Waals surface area contributed by atoms with E-state index in [9.17, 15) is 13.6 Å². The summed E-state index contributed by atoms with van der Waals surface area (Å²) in [6, 6.07) is 5.63. The van der Waals surface area contributed by atoms with Crippen molar-refractivity contribution in [3.8, 4) is 0 Å². The van der Waals surface area contributed by atoms with Crippen LogP contribution in [0.1, 0.15) is 37.7 Å². The van der Waals surface area contributed by atoms with Gasteiger partial charge in [0.15, 0.2) is 11.6 Å². The molecule has 1 atom stereocenters. The van der Waals surface area contributed by atoms with Gasteiger partial charge in [0.25, 0.3) is 0 Å². The van der Waals surface area contributed by atoms with Crippen LogP contribution in [-0.4, -0.2) is 40.2 Å². The third-order valence-electron chi connectivity index (χ3n) is 5.28. The van der Waals surface area contributed by atoms with Gasteiger partial charge in [0.2, 0.25) is 5.91 Å². The second kappa shape index (κ2) is 10.3. The maximum Gasteiger partial charge on any atom is 0.220 e. The average molecular weight is 390 g/mol. The molecule has 0 aliphatic carbocycles. The van der Waals surface area contributed by atoms with Crippen molar-refractivity contribution in [1.82, 2.24) is 20.0 Å². The quantitative estimate of drug-likeness (QED) is 0.714. The van der Waals surface area contributed by atoms with Gasteiger partial charge in [0, 0.05) is 38.4 Å². The molecule has 1 fully saturated rings. The standard InChI is InChI=1S/C21H28F2N4O/c22-19-7-5-18(14-20(19)23)15-24-21(28)8-6-17-4-1-10-26(16-17)11-3-13-27-12-2-9-25-27/h2,5,7,9,12,14,17H,1,3-4,6,8,10-11,13,15-16H2,(H,24,28)/t17-/m0/s1. The van der Waals surface area contributed by atoms with E-state index in [2.05, 4.69) is 15.3 Å². The first-order valence-corrected chi connectivity index (χ1v) is 10.0. The number of rotatable bonds is 9. The number of hydrogen-bond acceptors (Lipinski definition) is 3. The van der Waals surface area contributed by atoms with Crippen LogP contribution >= 0.6 is 0 Å². The minimum Gasteiger partial charge on any atom is -0.352 e. The SMILES string of the molecule is O=C(CC[C@@H]1CCCN(CCCn2cccn2)C1)NCc1ccc(F)c(F)c1. The Morgan fingerprint density at radius 3 is 2.93 bits per heavy atom. The first-order chi connectivity index (χ1) is 13.6. The molecule has 152 valence electrons. The number of benzene rings is 1. The van der Waals surface area contributed by atoms with E-state index >= 15 is 0 Å². The molecule has 1 N–H and O–H groups in total. The summed E-state index contributed by atoms with van der Waals surface area (Å²) in [6.07, 6.45) is 8.51. The van der Waals surface area contributed by atoms with Crippen LogP contribution in [0.15, 0.2) is 36.7 Å². The van der Waals surface area contributed by atoms with Crippen LogP contribution in [0.2, 0.25) is 0 Å². The highest BCUT2D eigenvalue weighted by Gasteiger charge is 2.20. The number of carbonyl (C=O) groups excluding carboxylic acids is 1. The zero-order valence-electron chi connectivity index (χ0n) is 16.1. The fourth-order valence-electron chi connectivity index (χ4n) is 3.75. The summed E-state index contributed by atoms with van der Waals surface area (Å²) in [5.41, 5.74) is 0.563. The van der Waals surface area contributed by atoms with Gasteiger partial charge in [0.1, 0.15) is 0 Å². The van der Waals surface area contributed by atoms with E-state index < -0.39 is 11.6 Å². The van der Waals surface area contributed by atoms with Crippen LogP contribution in [0.3, 0.4) is 0 Å². The van der Waals surface area contributed by atoms with E-state index in [0.29, 0.717) is 17.9 Å². The molecule has 2 heterocycles. The monoisotopic (exact) mass is 390 g/mol. The third-order valence-corrected chi connectivity index (χ3v) is 5.28. The molecule has 0 unspecified atom stereocenters. The van der Waals surface area contributed by atoms with Crippen molar-refractivity contribution in [2.45, 2.75) is 45.2 Å². The zero-order valence-corrected chi connectivity index (χ0v) is 16.1. The van der Waals surface area contributed by atoms with Crippen molar-refractivity contribution in [2.24, 2.45) is 5.92 Å². The molecule has 5 nitrogen and oxygen atoms in total. The zero-order chi connectivity index (χ0) is 19.8. The van der Waals surface area contributed by atoms with Gasteiger partial charge in [0.05, 0.1) is 0 Å². The molecule has 0 saturated carbocycles. The van der Waals surface area contributed by atoms with E-state index in [-0.39, 0.29) is 12.5 Å². The Kier molecular flexibility index (Phi) is 7.54. The molecule has 1 aliphatic rings. The molecule has 28 heavy (non-hydrogen) atoms. The molecule has 2 aromatic rings. The summed E-state index contributed by atoms with van der Waals surface area (Å²) in [5.74, 6) is -1.27. The van der Waals surface area contributed by atoms with Gasteiger partial charge >= 0.3 is 0 Å². The number of hydrogen-bond donors (Lipinski definition) is 1. The highest BCUT2D eigenvalue weighted by molar-refractivity contribution is 5.75. The van der Waals surface area contributed by atoms with E-state index in [1.807, 2.05) is 16.9 Å². The van der Waals surface area contributed by atoms with Crippen LogP contribution in [-0.2, 0) is 17.9 Å². The Morgan fingerprint density at radius 2 is 2.14 bits per heavy atom. The molecule has 1 saturated heterocycles. The van der Waals surface area contributed by atoms with Crippen LogP contribution in [0.4, 0.5) is 8.78 Å². The fraction of sp³-hybridized carbons (Fsp3) is 0.524. The number of aromatic nitrogens is 2. The molecule has 0 radical (unpaired) electrons. The summed E-state index contributed by atoms with van der Waals surface area (Å²) < 4.78 is 28.1. The van der Waals surface area contributed by atoms with Gasteiger partial charge in [-0.15, -0.1) is 0 Å². The lowest BCUT2D eigenvalue weighted by molar-refractivity contribution is -0.121. The van der Waals surface area contributed by atoms with E-state index in [1.165, 1.54) is 12.5 Å². The summed E-state index contributed by atoms with van der Waals surface area (Å²) in [6.45, 7) is 4.37. The molecular weight excluding hydrogens is 362 g/mol. The van der Waals surface area contributed by atoms with Gasteiger partial charge in [-0.2, -0.15) is 5.10 Å². The van der Waals surface area contributed by atoms with E-state index in [4.69, 9.17) is 0 Å². The largest absolute Gasteiger partial charge is 0.352 e. The van der Waals surface area contributed by atoms with Gasteiger partial charge in [-0.25, -0.2) is 8.78 Å². The van der Waals surface area contributed by atoms with Crippen molar-refractivity contribution in [3.63, 3.8) is 0 Å². The second-order valence-electron chi connectivity index (χ2n) is 7.50. The highest BCUT2D eigenvalue weighted by atomic mass is 19.2. The Labute approximate surface area is 164 Å². The van der Waals surface area contributed by atoms with Gasteiger partial charge < -0.3 is 10.2 Å². The number of nitrogens with one attached hydrogen (secondary N) is 1.